The molecule has 0 aromatic heterocycles. The number of hydrogen-bond acceptors (Lipinski definition) is 5. The summed E-state index contributed by atoms with van der Waals surface area (Å²) in [5, 5.41) is 2.03. The summed E-state index contributed by atoms with van der Waals surface area (Å²) < 4.78 is 11.1. The molecule has 140 valence electrons. The molecular formula is C22H17NO3S2. The van der Waals surface area contributed by atoms with Crippen LogP contribution in [0.1, 0.15) is 5.56 Å². The average Bonchev–Trinajstić information content (AvgIpc) is 3.01. The largest absolute Gasteiger partial charge is 0.497 e. The number of thioether (sulfide) groups is 1. The predicted octanol–water partition coefficient (Wildman–Crippen LogP) is 5.26. The smallest absolute Gasteiger partial charge is 0.270 e. The molecule has 0 bridgehead atoms. The molecule has 3 aromatic carbocycles. The van der Waals surface area contributed by atoms with Gasteiger partial charge in [0, 0.05) is 5.39 Å². The van der Waals surface area contributed by atoms with Crippen LogP contribution in [0.4, 0.5) is 5.69 Å². The third kappa shape index (κ3) is 3.25. The highest BCUT2D eigenvalue weighted by Crippen LogP contribution is 2.38. The lowest BCUT2D eigenvalue weighted by atomic mass is 10.0. The molecule has 6 heteroatoms. The number of rotatable bonds is 4. The van der Waals surface area contributed by atoms with Crippen molar-refractivity contribution in [2.24, 2.45) is 0 Å². The number of hydrogen-bond donors (Lipinski definition) is 0. The van der Waals surface area contributed by atoms with Crippen LogP contribution in [0, 0.1) is 0 Å². The molecule has 1 aliphatic rings. The van der Waals surface area contributed by atoms with E-state index in [1.165, 1.54) is 11.8 Å². The molecule has 0 radical (unpaired) electrons. The van der Waals surface area contributed by atoms with E-state index in [9.17, 15) is 4.79 Å². The van der Waals surface area contributed by atoms with Gasteiger partial charge >= 0.3 is 0 Å². The summed E-state index contributed by atoms with van der Waals surface area (Å²) in [5.41, 5.74) is 1.68. The van der Waals surface area contributed by atoms with Crippen molar-refractivity contribution in [3.8, 4) is 11.5 Å². The summed E-state index contributed by atoms with van der Waals surface area (Å²) >= 11 is 6.77. The maximum Gasteiger partial charge on any atom is 0.270 e. The lowest BCUT2D eigenvalue weighted by Gasteiger charge is -2.14. The Labute approximate surface area is 172 Å². The highest BCUT2D eigenvalue weighted by atomic mass is 32.2. The van der Waals surface area contributed by atoms with Gasteiger partial charge in [0.2, 0.25) is 0 Å². The van der Waals surface area contributed by atoms with Crippen molar-refractivity contribution in [3.05, 3.63) is 71.1 Å². The molecule has 0 unspecified atom stereocenters. The van der Waals surface area contributed by atoms with Crippen molar-refractivity contribution in [2.75, 3.05) is 19.1 Å². The van der Waals surface area contributed by atoms with E-state index in [1.807, 2.05) is 66.7 Å². The van der Waals surface area contributed by atoms with Crippen molar-refractivity contribution in [3.63, 3.8) is 0 Å². The maximum atomic E-state index is 13.0. The zero-order valence-electron chi connectivity index (χ0n) is 15.3. The number of methoxy groups -OCH3 is 2. The summed E-state index contributed by atoms with van der Waals surface area (Å²) in [6.07, 6.45) is 1.89. The van der Waals surface area contributed by atoms with Crippen molar-refractivity contribution < 1.29 is 14.3 Å². The van der Waals surface area contributed by atoms with Gasteiger partial charge in [-0.25, -0.2) is 0 Å². The molecule has 1 saturated heterocycles. The number of anilines is 1. The Morgan fingerprint density at radius 1 is 0.929 bits per heavy atom. The van der Waals surface area contributed by atoms with E-state index in [-0.39, 0.29) is 5.91 Å². The van der Waals surface area contributed by atoms with Crippen molar-refractivity contribution in [1.82, 2.24) is 0 Å². The number of carbonyl (C=O) groups excluding carboxylic acids is 1. The summed E-state index contributed by atoms with van der Waals surface area (Å²) in [5.74, 6) is 1.41. The average molecular weight is 408 g/mol. The van der Waals surface area contributed by atoms with E-state index in [0.29, 0.717) is 9.23 Å². The maximum absolute atomic E-state index is 13.0. The van der Waals surface area contributed by atoms with Crippen LogP contribution >= 0.6 is 24.0 Å². The van der Waals surface area contributed by atoms with Gasteiger partial charge in [-0.15, -0.1) is 0 Å². The van der Waals surface area contributed by atoms with Gasteiger partial charge in [0.1, 0.15) is 11.5 Å². The van der Waals surface area contributed by atoms with Gasteiger partial charge in [-0.2, -0.15) is 0 Å². The van der Waals surface area contributed by atoms with E-state index in [4.69, 9.17) is 21.7 Å². The van der Waals surface area contributed by atoms with Crippen LogP contribution in [0.25, 0.3) is 16.8 Å². The minimum atomic E-state index is -0.125. The Morgan fingerprint density at radius 2 is 1.64 bits per heavy atom. The second-order valence-corrected chi connectivity index (χ2v) is 7.79. The Kier molecular flexibility index (Phi) is 5.07. The number of benzene rings is 3. The monoisotopic (exact) mass is 407 g/mol. The highest BCUT2D eigenvalue weighted by Gasteiger charge is 2.33. The van der Waals surface area contributed by atoms with Crippen LogP contribution in [0.15, 0.2) is 65.6 Å². The highest BCUT2D eigenvalue weighted by molar-refractivity contribution is 8.27. The Bertz CT molecular complexity index is 1110. The zero-order valence-corrected chi connectivity index (χ0v) is 17.0. The van der Waals surface area contributed by atoms with Gasteiger partial charge in [-0.1, -0.05) is 54.3 Å². The molecule has 28 heavy (non-hydrogen) atoms. The summed E-state index contributed by atoms with van der Waals surface area (Å²) in [7, 11) is 3.26. The van der Waals surface area contributed by atoms with Crippen molar-refractivity contribution in [1.29, 1.82) is 0 Å². The fraction of sp³-hybridized carbons (Fsp3) is 0.0909. The molecular weight excluding hydrogens is 390 g/mol. The molecule has 0 spiro atoms. The van der Waals surface area contributed by atoms with E-state index in [0.717, 1.165) is 33.5 Å². The summed E-state index contributed by atoms with van der Waals surface area (Å²) in [4.78, 5) is 15.2. The SMILES string of the molecule is COc1ccc(N2C(=O)/C(=C\c3ccc(OC)c4ccccc34)SC2=S)cc1. The van der Waals surface area contributed by atoms with Crippen molar-refractivity contribution >= 4 is 56.7 Å². The first-order valence-corrected chi connectivity index (χ1v) is 9.82. The van der Waals surface area contributed by atoms with Gasteiger partial charge in [0.25, 0.3) is 5.91 Å². The van der Waals surface area contributed by atoms with Crippen LogP contribution in [0.2, 0.25) is 0 Å². The lowest BCUT2D eigenvalue weighted by Crippen LogP contribution is -2.27. The fourth-order valence-electron chi connectivity index (χ4n) is 3.16. The third-order valence-corrected chi connectivity index (χ3v) is 5.85. The first kappa shape index (κ1) is 18.5. The van der Waals surface area contributed by atoms with Crippen LogP contribution < -0.4 is 14.4 Å². The molecule has 1 amide bonds. The van der Waals surface area contributed by atoms with E-state index in [1.54, 1.807) is 19.1 Å². The lowest BCUT2D eigenvalue weighted by molar-refractivity contribution is -0.113. The fourth-order valence-corrected chi connectivity index (χ4v) is 4.45. The quantitative estimate of drug-likeness (QED) is 0.436. The molecule has 3 aromatic rings. The summed E-state index contributed by atoms with van der Waals surface area (Å²) in [6.45, 7) is 0. The minimum absolute atomic E-state index is 0.125. The molecule has 4 rings (SSSR count). The Hall–Kier alpha value is -2.83. The molecule has 4 nitrogen and oxygen atoms in total. The Balaban J connectivity index is 1.72. The summed E-state index contributed by atoms with van der Waals surface area (Å²) in [6, 6.07) is 19.1. The molecule has 0 N–H and O–H groups in total. The first-order chi connectivity index (χ1) is 13.6. The topological polar surface area (TPSA) is 38.8 Å². The van der Waals surface area contributed by atoms with Crippen molar-refractivity contribution in [2.45, 2.75) is 0 Å². The van der Waals surface area contributed by atoms with Gasteiger partial charge in [0.05, 0.1) is 24.8 Å². The molecule has 1 aliphatic heterocycles. The number of carbonyl (C=O) groups is 1. The number of nitrogens with zero attached hydrogens (tertiary/aromatic N) is 1. The van der Waals surface area contributed by atoms with Crippen LogP contribution in [0.3, 0.4) is 0 Å². The number of fused-ring (bicyclic) bond motifs is 1. The number of thiocarbonyl (C=S) groups is 1. The molecule has 1 fully saturated rings. The zero-order chi connectivity index (χ0) is 19.7. The molecule has 0 aliphatic carbocycles. The second-order valence-electron chi connectivity index (χ2n) is 6.12. The third-order valence-electron chi connectivity index (χ3n) is 4.55. The predicted molar refractivity (Wildman–Crippen MR) is 119 cm³/mol. The second kappa shape index (κ2) is 7.66. The van der Waals surface area contributed by atoms with E-state index in [2.05, 4.69) is 0 Å². The first-order valence-electron chi connectivity index (χ1n) is 8.60. The normalized spacial score (nSPS) is 15.5. The van der Waals surface area contributed by atoms with Gasteiger partial charge in [0.15, 0.2) is 4.32 Å². The van der Waals surface area contributed by atoms with E-state index >= 15 is 0 Å². The molecule has 0 saturated carbocycles. The van der Waals surface area contributed by atoms with E-state index < -0.39 is 0 Å². The standard InChI is InChI=1S/C22H17NO3S2/c1-25-16-10-8-15(9-11-16)23-21(24)20(28-22(23)27)13-14-7-12-19(26-2)18-6-4-3-5-17(14)18/h3-13H,1-2H3/b20-13+. The van der Waals surface area contributed by atoms with Crippen LogP contribution in [0.5, 0.6) is 11.5 Å². The van der Waals surface area contributed by atoms with Gasteiger partial charge in [-0.3, -0.25) is 9.69 Å². The van der Waals surface area contributed by atoms with Gasteiger partial charge < -0.3 is 9.47 Å². The van der Waals surface area contributed by atoms with Crippen LogP contribution in [-0.4, -0.2) is 24.4 Å². The number of ether oxygens (including phenoxy) is 2. The number of amides is 1. The van der Waals surface area contributed by atoms with Crippen LogP contribution in [-0.2, 0) is 4.79 Å². The molecule has 0 atom stereocenters. The van der Waals surface area contributed by atoms with Gasteiger partial charge in [-0.05, 0) is 47.4 Å². The minimum Gasteiger partial charge on any atom is -0.497 e. The Morgan fingerprint density at radius 3 is 2.32 bits per heavy atom. The molecule has 1 heterocycles.